The third kappa shape index (κ3) is 4.73. The van der Waals surface area contributed by atoms with Gasteiger partial charge >= 0.3 is 0 Å². The maximum Gasteiger partial charge on any atom is 0.272 e. The summed E-state index contributed by atoms with van der Waals surface area (Å²) >= 11 is 10.7. The SMILES string of the molecule is Cc1ccc[nH+]c1.O=[N+]([O-])c1cc(Cl)c([O-])c(Cl)c1. The number of hydrogen-bond donors (Lipinski definition) is 0. The van der Waals surface area contributed by atoms with Crippen LogP contribution in [0.3, 0.4) is 0 Å². The first-order chi connectivity index (χ1) is 8.91. The Morgan fingerprint density at radius 3 is 2.16 bits per heavy atom. The molecule has 5 nitrogen and oxygen atoms in total. The lowest BCUT2D eigenvalue weighted by molar-refractivity contribution is -0.385. The zero-order chi connectivity index (χ0) is 14.4. The molecule has 2 aromatic rings. The van der Waals surface area contributed by atoms with Crippen LogP contribution in [0.5, 0.6) is 5.75 Å². The number of aromatic amines is 1. The van der Waals surface area contributed by atoms with E-state index in [9.17, 15) is 15.2 Å². The first kappa shape index (κ1) is 15.2. The molecule has 0 amide bonds. The first-order valence-electron chi connectivity index (χ1n) is 5.15. The van der Waals surface area contributed by atoms with Gasteiger partial charge in [-0.25, -0.2) is 4.98 Å². The second-order valence-corrected chi connectivity index (χ2v) is 4.39. The summed E-state index contributed by atoms with van der Waals surface area (Å²) in [6, 6.07) is 5.97. The first-order valence-corrected chi connectivity index (χ1v) is 5.90. The van der Waals surface area contributed by atoms with Crippen LogP contribution in [0.1, 0.15) is 5.56 Å². The van der Waals surface area contributed by atoms with Crippen molar-refractivity contribution in [2.24, 2.45) is 0 Å². The molecule has 0 atom stereocenters. The molecule has 2 rings (SSSR count). The molecule has 0 aliphatic carbocycles. The lowest BCUT2D eigenvalue weighted by Crippen LogP contribution is -1.97. The average molecular weight is 301 g/mol. The largest absolute Gasteiger partial charge is 0.870 e. The monoisotopic (exact) mass is 300 g/mol. The molecule has 1 heterocycles. The van der Waals surface area contributed by atoms with E-state index in [2.05, 4.69) is 18.0 Å². The lowest BCUT2D eigenvalue weighted by atomic mass is 10.3. The van der Waals surface area contributed by atoms with E-state index in [4.69, 9.17) is 23.2 Å². The normalized spacial score (nSPS) is 9.42. The van der Waals surface area contributed by atoms with E-state index < -0.39 is 10.7 Å². The minimum Gasteiger partial charge on any atom is -0.870 e. The van der Waals surface area contributed by atoms with Crippen molar-refractivity contribution in [2.75, 3.05) is 0 Å². The van der Waals surface area contributed by atoms with Gasteiger partial charge in [0, 0.05) is 33.8 Å². The molecule has 0 saturated carbocycles. The van der Waals surface area contributed by atoms with E-state index in [1.165, 1.54) is 5.56 Å². The van der Waals surface area contributed by atoms with E-state index >= 15 is 0 Å². The van der Waals surface area contributed by atoms with Crippen molar-refractivity contribution < 1.29 is 15.0 Å². The fraction of sp³-hybridized carbons (Fsp3) is 0.0833. The third-order valence-corrected chi connectivity index (χ3v) is 2.62. The van der Waals surface area contributed by atoms with Crippen LogP contribution in [0, 0.1) is 17.0 Å². The van der Waals surface area contributed by atoms with Gasteiger partial charge in [0.25, 0.3) is 5.69 Å². The van der Waals surface area contributed by atoms with Crippen molar-refractivity contribution in [2.45, 2.75) is 6.92 Å². The van der Waals surface area contributed by atoms with Crippen molar-refractivity contribution in [3.63, 3.8) is 0 Å². The van der Waals surface area contributed by atoms with Gasteiger partial charge in [0.2, 0.25) is 0 Å². The van der Waals surface area contributed by atoms with E-state index in [0.29, 0.717) is 0 Å². The number of aryl methyl sites for hydroxylation is 1. The Kier molecular flexibility index (Phi) is 5.54. The fourth-order valence-corrected chi connectivity index (χ4v) is 1.61. The van der Waals surface area contributed by atoms with Gasteiger partial charge in [0.15, 0.2) is 12.4 Å². The standard InChI is InChI=1S/C6H3Cl2NO3.C6H7N/c7-4-1-3(9(11)12)2-5(8)6(4)10;1-6-3-2-4-7-5-6/h1-2,10H;2-5H,1H3. The highest BCUT2D eigenvalue weighted by molar-refractivity contribution is 6.37. The Labute approximate surface area is 119 Å². The summed E-state index contributed by atoms with van der Waals surface area (Å²) in [5.74, 6) is -0.594. The molecule has 1 N–H and O–H groups in total. The summed E-state index contributed by atoms with van der Waals surface area (Å²) < 4.78 is 0. The minimum absolute atomic E-state index is 0.241. The molecule has 0 saturated heterocycles. The summed E-state index contributed by atoms with van der Waals surface area (Å²) in [7, 11) is 0. The summed E-state index contributed by atoms with van der Waals surface area (Å²) in [6.45, 7) is 2.05. The Hall–Kier alpha value is -1.85. The molecule has 19 heavy (non-hydrogen) atoms. The number of benzene rings is 1. The van der Waals surface area contributed by atoms with Crippen LogP contribution in [0.25, 0.3) is 0 Å². The predicted octanol–water partition coefficient (Wildman–Crippen LogP) is 2.78. The molecule has 0 bridgehead atoms. The number of hydrogen-bond acceptors (Lipinski definition) is 3. The zero-order valence-electron chi connectivity index (χ0n) is 9.89. The number of nitrogens with one attached hydrogen (secondary N) is 1. The highest BCUT2D eigenvalue weighted by Gasteiger charge is 2.08. The highest BCUT2D eigenvalue weighted by atomic mass is 35.5. The molecule has 0 unspecified atom stereocenters. The molecule has 100 valence electrons. The average Bonchev–Trinajstić information content (AvgIpc) is 2.37. The van der Waals surface area contributed by atoms with E-state index in [0.717, 1.165) is 12.1 Å². The molecular formula is C12H10Cl2N2O3. The Bertz CT molecular complexity index is 553. The van der Waals surface area contributed by atoms with Crippen molar-refractivity contribution in [3.8, 4) is 5.75 Å². The van der Waals surface area contributed by atoms with Gasteiger partial charge in [0.1, 0.15) is 0 Å². The van der Waals surface area contributed by atoms with Crippen LogP contribution in [0.4, 0.5) is 5.69 Å². The molecule has 7 heteroatoms. The summed E-state index contributed by atoms with van der Waals surface area (Å²) in [6.07, 6.45) is 3.85. The van der Waals surface area contributed by atoms with Crippen LogP contribution < -0.4 is 10.1 Å². The molecule has 0 radical (unpaired) electrons. The predicted molar refractivity (Wildman–Crippen MR) is 70.3 cm³/mol. The minimum atomic E-state index is -0.669. The number of non-ortho nitro benzene ring substituents is 1. The van der Waals surface area contributed by atoms with Crippen LogP contribution in [0.15, 0.2) is 36.7 Å². The van der Waals surface area contributed by atoms with Crippen molar-refractivity contribution >= 4 is 28.9 Å². The quantitative estimate of drug-likeness (QED) is 0.600. The Morgan fingerprint density at radius 1 is 1.26 bits per heavy atom. The molecule has 1 aromatic heterocycles. The van der Waals surface area contributed by atoms with Gasteiger partial charge in [-0.05, 0) is 13.0 Å². The molecule has 0 spiro atoms. The number of H-pyrrole nitrogens is 1. The van der Waals surface area contributed by atoms with Gasteiger partial charge in [-0.3, -0.25) is 10.1 Å². The number of nitrogens with zero attached hydrogens (tertiary/aromatic N) is 1. The van der Waals surface area contributed by atoms with Crippen LogP contribution in [0.2, 0.25) is 10.0 Å². The number of halogens is 2. The van der Waals surface area contributed by atoms with Crippen molar-refractivity contribution in [1.82, 2.24) is 0 Å². The van der Waals surface area contributed by atoms with Gasteiger partial charge in [-0.15, -0.1) is 0 Å². The van der Waals surface area contributed by atoms with E-state index in [-0.39, 0.29) is 15.7 Å². The smallest absolute Gasteiger partial charge is 0.272 e. The molecule has 0 fully saturated rings. The second kappa shape index (κ2) is 6.92. The second-order valence-electron chi connectivity index (χ2n) is 3.58. The molecular weight excluding hydrogens is 291 g/mol. The topological polar surface area (TPSA) is 80.3 Å². The number of rotatable bonds is 1. The number of nitro benzene ring substituents is 1. The van der Waals surface area contributed by atoms with Crippen LogP contribution >= 0.6 is 23.2 Å². The van der Waals surface area contributed by atoms with Gasteiger partial charge in [-0.1, -0.05) is 29.0 Å². The third-order valence-electron chi connectivity index (χ3n) is 2.06. The van der Waals surface area contributed by atoms with Crippen molar-refractivity contribution in [3.05, 3.63) is 62.4 Å². The number of nitro groups is 1. The van der Waals surface area contributed by atoms with Gasteiger partial charge in [0.05, 0.1) is 4.92 Å². The maximum atomic E-state index is 10.9. The fourth-order valence-electron chi connectivity index (χ4n) is 1.14. The summed E-state index contributed by atoms with van der Waals surface area (Å²) in [4.78, 5) is 12.5. The number of pyridine rings is 1. The van der Waals surface area contributed by atoms with Crippen LogP contribution in [-0.2, 0) is 0 Å². The Balaban J connectivity index is 0.000000218. The summed E-state index contributed by atoms with van der Waals surface area (Å²) in [5.41, 5.74) is 0.979. The van der Waals surface area contributed by atoms with Gasteiger partial charge < -0.3 is 5.11 Å². The zero-order valence-corrected chi connectivity index (χ0v) is 11.4. The van der Waals surface area contributed by atoms with Crippen molar-refractivity contribution in [1.29, 1.82) is 0 Å². The van der Waals surface area contributed by atoms with E-state index in [1.54, 1.807) is 0 Å². The Morgan fingerprint density at radius 2 is 1.84 bits per heavy atom. The number of aromatic nitrogens is 1. The molecule has 0 aliphatic rings. The lowest BCUT2D eigenvalue weighted by Gasteiger charge is -2.09. The summed E-state index contributed by atoms with van der Waals surface area (Å²) in [5, 5.41) is 20.6. The highest BCUT2D eigenvalue weighted by Crippen LogP contribution is 2.33. The van der Waals surface area contributed by atoms with Gasteiger partial charge in [-0.2, -0.15) is 0 Å². The van der Waals surface area contributed by atoms with E-state index in [1.807, 2.05) is 18.5 Å². The maximum absolute atomic E-state index is 10.9. The molecule has 1 aromatic carbocycles. The molecule has 0 aliphatic heterocycles. The van der Waals surface area contributed by atoms with Crippen LogP contribution in [-0.4, -0.2) is 4.92 Å².